The summed E-state index contributed by atoms with van der Waals surface area (Å²) in [6.07, 6.45) is 0.285. The zero-order valence-corrected chi connectivity index (χ0v) is 12.6. The van der Waals surface area contributed by atoms with Crippen LogP contribution in [0.3, 0.4) is 0 Å². The van der Waals surface area contributed by atoms with E-state index in [0.29, 0.717) is 24.7 Å². The van der Waals surface area contributed by atoms with Gasteiger partial charge in [-0.2, -0.15) is 5.26 Å². The molecule has 0 amide bonds. The summed E-state index contributed by atoms with van der Waals surface area (Å²) in [7, 11) is 0. The summed E-state index contributed by atoms with van der Waals surface area (Å²) in [6, 6.07) is 9.09. The van der Waals surface area contributed by atoms with E-state index in [0.717, 1.165) is 5.56 Å². The van der Waals surface area contributed by atoms with Crippen molar-refractivity contribution < 1.29 is 9.53 Å². The number of nitrogens with zero attached hydrogens (tertiary/aromatic N) is 2. The molecular formula is C15H19ClN2O2. The van der Waals surface area contributed by atoms with E-state index in [-0.39, 0.29) is 18.4 Å². The number of carbonyl (C=O) groups excluding carboxylic acids is 1. The zero-order valence-electron chi connectivity index (χ0n) is 11.8. The summed E-state index contributed by atoms with van der Waals surface area (Å²) < 4.78 is 4.91. The highest BCUT2D eigenvalue weighted by molar-refractivity contribution is 6.30. The molecule has 0 saturated carbocycles. The van der Waals surface area contributed by atoms with Crippen LogP contribution in [0.25, 0.3) is 0 Å². The molecule has 0 N–H and O–H groups in total. The van der Waals surface area contributed by atoms with E-state index < -0.39 is 0 Å². The van der Waals surface area contributed by atoms with Crippen molar-refractivity contribution in [1.82, 2.24) is 4.90 Å². The topological polar surface area (TPSA) is 53.3 Å². The minimum Gasteiger partial charge on any atom is -0.466 e. The van der Waals surface area contributed by atoms with Gasteiger partial charge in [0.25, 0.3) is 0 Å². The maximum absolute atomic E-state index is 11.4. The highest BCUT2D eigenvalue weighted by Crippen LogP contribution is 2.22. The van der Waals surface area contributed by atoms with Crippen molar-refractivity contribution in [2.45, 2.75) is 26.3 Å². The molecule has 20 heavy (non-hydrogen) atoms. The Bertz CT molecular complexity index is 468. The standard InChI is InChI=1S/C15H19ClN2O2/c1-3-18(10-9-15(19)20-4-2)14(11-17)12-5-7-13(16)8-6-12/h5-8,14H,3-4,9-10H2,1-2H3. The van der Waals surface area contributed by atoms with Gasteiger partial charge in [-0.1, -0.05) is 30.7 Å². The lowest BCUT2D eigenvalue weighted by Crippen LogP contribution is -2.30. The third kappa shape index (κ3) is 4.84. The maximum atomic E-state index is 11.4. The normalized spacial score (nSPS) is 11.9. The van der Waals surface area contributed by atoms with Gasteiger partial charge in [0, 0.05) is 11.6 Å². The van der Waals surface area contributed by atoms with Crippen LogP contribution in [-0.4, -0.2) is 30.6 Å². The van der Waals surface area contributed by atoms with Crippen LogP contribution in [0.15, 0.2) is 24.3 Å². The van der Waals surface area contributed by atoms with Gasteiger partial charge in [-0.25, -0.2) is 0 Å². The van der Waals surface area contributed by atoms with Crippen LogP contribution in [-0.2, 0) is 9.53 Å². The van der Waals surface area contributed by atoms with Gasteiger partial charge < -0.3 is 4.74 Å². The third-order valence-corrected chi connectivity index (χ3v) is 3.24. The number of hydrogen-bond acceptors (Lipinski definition) is 4. The smallest absolute Gasteiger partial charge is 0.307 e. The largest absolute Gasteiger partial charge is 0.466 e. The molecule has 0 aromatic heterocycles. The van der Waals surface area contributed by atoms with Gasteiger partial charge in [-0.15, -0.1) is 0 Å². The second-order valence-electron chi connectivity index (χ2n) is 4.27. The lowest BCUT2D eigenvalue weighted by molar-refractivity contribution is -0.143. The molecule has 1 aromatic carbocycles. The number of carbonyl (C=O) groups is 1. The first-order chi connectivity index (χ1) is 9.62. The summed E-state index contributed by atoms with van der Waals surface area (Å²) in [4.78, 5) is 13.4. The van der Waals surface area contributed by atoms with Gasteiger partial charge in [0.2, 0.25) is 0 Å². The fourth-order valence-corrected chi connectivity index (χ4v) is 2.08. The molecule has 1 atom stereocenters. The fourth-order valence-electron chi connectivity index (χ4n) is 1.95. The molecular weight excluding hydrogens is 276 g/mol. The summed E-state index contributed by atoms with van der Waals surface area (Å²) >= 11 is 5.85. The molecule has 0 aliphatic heterocycles. The van der Waals surface area contributed by atoms with Crippen molar-refractivity contribution >= 4 is 17.6 Å². The first-order valence-corrected chi connectivity index (χ1v) is 7.04. The molecule has 0 bridgehead atoms. The molecule has 0 aliphatic rings. The van der Waals surface area contributed by atoms with Crippen molar-refractivity contribution in [2.75, 3.05) is 19.7 Å². The van der Waals surface area contributed by atoms with Crippen LogP contribution in [0.5, 0.6) is 0 Å². The number of rotatable bonds is 7. The monoisotopic (exact) mass is 294 g/mol. The predicted octanol–water partition coefficient (Wildman–Crippen LogP) is 3.18. The van der Waals surface area contributed by atoms with E-state index in [1.807, 2.05) is 24.0 Å². The lowest BCUT2D eigenvalue weighted by atomic mass is 10.1. The minimum absolute atomic E-state index is 0.237. The molecule has 108 valence electrons. The molecule has 0 radical (unpaired) electrons. The number of benzene rings is 1. The Morgan fingerprint density at radius 3 is 2.55 bits per heavy atom. The van der Waals surface area contributed by atoms with Crippen molar-refractivity contribution in [1.29, 1.82) is 5.26 Å². The molecule has 1 unspecified atom stereocenters. The third-order valence-electron chi connectivity index (χ3n) is 2.99. The lowest BCUT2D eigenvalue weighted by Gasteiger charge is -2.25. The van der Waals surface area contributed by atoms with Gasteiger partial charge in [-0.3, -0.25) is 9.69 Å². The zero-order chi connectivity index (χ0) is 15.0. The van der Waals surface area contributed by atoms with Gasteiger partial charge >= 0.3 is 5.97 Å². The number of esters is 1. The first kappa shape index (κ1) is 16.5. The summed E-state index contributed by atoms with van der Waals surface area (Å²) in [5, 5.41) is 10.0. The van der Waals surface area contributed by atoms with E-state index in [2.05, 4.69) is 6.07 Å². The Morgan fingerprint density at radius 2 is 2.05 bits per heavy atom. The van der Waals surface area contributed by atoms with Crippen molar-refractivity contribution in [2.24, 2.45) is 0 Å². The number of hydrogen-bond donors (Lipinski definition) is 0. The molecule has 0 heterocycles. The Morgan fingerprint density at radius 1 is 1.40 bits per heavy atom. The Kier molecular flexibility index (Phi) is 7.06. The van der Waals surface area contributed by atoms with E-state index in [1.54, 1.807) is 19.1 Å². The van der Waals surface area contributed by atoms with E-state index >= 15 is 0 Å². The Balaban J connectivity index is 2.72. The van der Waals surface area contributed by atoms with Gasteiger partial charge in [0.1, 0.15) is 6.04 Å². The highest BCUT2D eigenvalue weighted by Gasteiger charge is 2.19. The van der Waals surface area contributed by atoms with E-state index in [9.17, 15) is 10.1 Å². The highest BCUT2D eigenvalue weighted by atomic mass is 35.5. The van der Waals surface area contributed by atoms with Gasteiger partial charge in [0.15, 0.2) is 0 Å². The Hall–Kier alpha value is -1.57. The van der Waals surface area contributed by atoms with Gasteiger partial charge in [-0.05, 0) is 31.2 Å². The molecule has 5 heteroatoms. The SMILES string of the molecule is CCOC(=O)CCN(CC)C(C#N)c1ccc(Cl)cc1. The molecule has 0 aliphatic carbocycles. The maximum Gasteiger partial charge on any atom is 0.307 e. The molecule has 0 spiro atoms. The van der Waals surface area contributed by atoms with E-state index in [1.165, 1.54) is 0 Å². The summed E-state index contributed by atoms with van der Waals surface area (Å²) in [6.45, 7) is 5.30. The first-order valence-electron chi connectivity index (χ1n) is 6.67. The fraction of sp³-hybridized carbons (Fsp3) is 0.467. The second kappa shape index (κ2) is 8.57. The van der Waals surface area contributed by atoms with E-state index in [4.69, 9.17) is 16.3 Å². The van der Waals surface area contributed by atoms with Crippen LogP contribution in [0.4, 0.5) is 0 Å². The molecule has 4 nitrogen and oxygen atoms in total. The van der Waals surface area contributed by atoms with Crippen molar-refractivity contribution in [3.63, 3.8) is 0 Å². The molecule has 0 saturated heterocycles. The minimum atomic E-state index is -0.383. The summed E-state index contributed by atoms with van der Waals surface area (Å²) in [5.74, 6) is -0.237. The molecule has 0 fully saturated rings. The summed E-state index contributed by atoms with van der Waals surface area (Å²) in [5.41, 5.74) is 0.877. The number of ether oxygens (including phenoxy) is 1. The van der Waals surface area contributed by atoms with Crippen LogP contribution >= 0.6 is 11.6 Å². The van der Waals surface area contributed by atoms with Crippen LogP contribution in [0.1, 0.15) is 31.9 Å². The number of nitriles is 1. The average Bonchev–Trinajstić information content (AvgIpc) is 2.45. The average molecular weight is 295 g/mol. The van der Waals surface area contributed by atoms with Crippen LogP contribution in [0.2, 0.25) is 5.02 Å². The number of halogens is 1. The second-order valence-corrected chi connectivity index (χ2v) is 4.70. The molecule has 1 rings (SSSR count). The molecule has 1 aromatic rings. The Labute approximate surface area is 124 Å². The van der Waals surface area contributed by atoms with Gasteiger partial charge in [0.05, 0.1) is 19.1 Å². The van der Waals surface area contributed by atoms with Crippen molar-refractivity contribution in [3.05, 3.63) is 34.9 Å². The predicted molar refractivity (Wildman–Crippen MR) is 78.3 cm³/mol. The quantitative estimate of drug-likeness (QED) is 0.725. The van der Waals surface area contributed by atoms with Crippen molar-refractivity contribution in [3.8, 4) is 6.07 Å². The van der Waals surface area contributed by atoms with Crippen LogP contribution < -0.4 is 0 Å². The van der Waals surface area contributed by atoms with Crippen LogP contribution in [0, 0.1) is 11.3 Å².